The predicted molar refractivity (Wildman–Crippen MR) is 171 cm³/mol. The summed E-state index contributed by atoms with van der Waals surface area (Å²) in [6, 6.07) is 6.53. The van der Waals surface area contributed by atoms with Crippen LogP contribution in [0.1, 0.15) is 76.0 Å². The molecule has 0 bridgehead atoms. The summed E-state index contributed by atoms with van der Waals surface area (Å²) < 4.78 is 40.2. The highest BCUT2D eigenvalue weighted by molar-refractivity contribution is 5.85. The summed E-state index contributed by atoms with van der Waals surface area (Å²) in [5.74, 6) is 0.0223. The predicted octanol–water partition coefficient (Wildman–Crippen LogP) is 4.78. The third-order valence-electron chi connectivity index (χ3n) is 10.7. The van der Waals surface area contributed by atoms with E-state index in [1.165, 1.54) is 19.1 Å². The number of carbonyl (C=O) groups is 3. The Kier molecular flexibility index (Phi) is 8.33. The first-order chi connectivity index (χ1) is 23.3. The fourth-order valence-electron chi connectivity index (χ4n) is 8.55. The number of carbonyl (C=O) groups excluding carboxylic acids is 3. The van der Waals surface area contributed by atoms with Crippen LogP contribution in [0.25, 0.3) is 0 Å². The molecule has 2 aromatic rings. The van der Waals surface area contributed by atoms with Crippen LogP contribution in [-0.4, -0.2) is 85.4 Å². The van der Waals surface area contributed by atoms with Gasteiger partial charge in [0.2, 0.25) is 12.5 Å². The van der Waals surface area contributed by atoms with E-state index in [0.29, 0.717) is 56.8 Å². The second-order valence-corrected chi connectivity index (χ2v) is 14.9. The van der Waals surface area contributed by atoms with Gasteiger partial charge in [-0.2, -0.15) is 0 Å². The van der Waals surface area contributed by atoms with Crippen LogP contribution < -0.4 is 23.7 Å². The van der Waals surface area contributed by atoms with E-state index in [1.54, 1.807) is 12.1 Å². The number of fused-ring (bicyclic) bond motifs is 3. The van der Waals surface area contributed by atoms with Crippen LogP contribution in [0.15, 0.2) is 24.3 Å². The number of nitrogens with zero attached hydrogens (tertiary/aromatic N) is 2. The lowest BCUT2D eigenvalue weighted by Crippen LogP contribution is -2.60. The van der Waals surface area contributed by atoms with Gasteiger partial charge in [-0.1, -0.05) is 0 Å². The highest BCUT2D eigenvalue weighted by Gasteiger charge is 2.50. The zero-order valence-electron chi connectivity index (χ0n) is 28.7. The summed E-state index contributed by atoms with van der Waals surface area (Å²) in [4.78, 5) is 41.7. The molecule has 1 aliphatic carbocycles. The standard InChI is InChI=1S/C36H43N2O11/c1-35(2)15-22(16-36(3,4)38(35)42)48-34(41)37-9-7-8-24(37)32(39)49-31-27(43-5)12-20(13-28(31)44-6)29-23-14-26-25(46-18-47-26)11-19(23)10-21-17-45-33(40)30(21)29/h11-14,21-22,24,29-30H,7-10,15-18H2,1-6H3/t21?,24-,29+,30-/m0/s1. The van der Waals surface area contributed by atoms with E-state index >= 15 is 0 Å². The number of hydroxylamine groups is 2. The van der Waals surface area contributed by atoms with Crippen LogP contribution >= 0.6 is 0 Å². The molecule has 5 aliphatic rings. The number of cyclic esters (lactones) is 1. The molecular weight excluding hydrogens is 636 g/mol. The van der Waals surface area contributed by atoms with Gasteiger partial charge in [-0.05, 0) is 87.9 Å². The molecule has 4 atom stereocenters. The van der Waals surface area contributed by atoms with Gasteiger partial charge in [0.15, 0.2) is 23.0 Å². The maximum atomic E-state index is 13.7. The molecule has 3 saturated heterocycles. The summed E-state index contributed by atoms with van der Waals surface area (Å²) in [5, 5.41) is 13.9. The molecule has 263 valence electrons. The maximum Gasteiger partial charge on any atom is 0.410 e. The normalized spacial score (nSPS) is 26.8. The molecule has 0 aromatic heterocycles. The first-order valence-electron chi connectivity index (χ1n) is 16.8. The van der Waals surface area contributed by atoms with E-state index in [1.807, 2.05) is 39.8 Å². The van der Waals surface area contributed by atoms with E-state index in [9.17, 15) is 19.6 Å². The van der Waals surface area contributed by atoms with Crippen molar-refractivity contribution in [2.24, 2.45) is 11.8 Å². The smallest absolute Gasteiger partial charge is 0.410 e. The third kappa shape index (κ3) is 5.80. The number of methoxy groups -OCH3 is 2. The maximum absolute atomic E-state index is 13.7. The van der Waals surface area contributed by atoms with Crippen LogP contribution in [0.2, 0.25) is 0 Å². The largest absolute Gasteiger partial charge is 0.493 e. The minimum atomic E-state index is -0.884. The van der Waals surface area contributed by atoms with Crippen molar-refractivity contribution in [3.63, 3.8) is 0 Å². The number of benzene rings is 2. The van der Waals surface area contributed by atoms with Crippen molar-refractivity contribution in [1.82, 2.24) is 9.96 Å². The molecule has 3 fully saturated rings. The highest BCUT2D eigenvalue weighted by atomic mass is 16.7. The molecule has 0 saturated carbocycles. The quantitative estimate of drug-likeness (QED) is 0.308. The average molecular weight is 680 g/mol. The van der Waals surface area contributed by atoms with Crippen molar-refractivity contribution in [3.8, 4) is 28.7 Å². The molecule has 13 heteroatoms. The second-order valence-electron chi connectivity index (χ2n) is 14.9. The summed E-state index contributed by atoms with van der Waals surface area (Å²) in [6.07, 6.45) is 1.32. The van der Waals surface area contributed by atoms with Crippen LogP contribution in [0.5, 0.6) is 28.7 Å². The zero-order valence-corrected chi connectivity index (χ0v) is 28.7. The first-order valence-corrected chi connectivity index (χ1v) is 16.8. The summed E-state index contributed by atoms with van der Waals surface area (Å²) in [6.45, 7) is 8.14. The van der Waals surface area contributed by atoms with Gasteiger partial charge in [0.25, 0.3) is 0 Å². The van der Waals surface area contributed by atoms with E-state index in [2.05, 4.69) is 0 Å². The molecule has 4 aliphatic heterocycles. The number of piperidine rings is 1. The fraction of sp³-hybridized carbons (Fsp3) is 0.583. The molecule has 7 rings (SSSR count). The zero-order chi connectivity index (χ0) is 34.8. The second kappa shape index (κ2) is 12.3. The molecule has 4 heterocycles. The van der Waals surface area contributed by atoms with Crippen molar-refractivity contribution >= 4 is 18.0 Å². The minimum absolute atomic E-state index is 0.0297. The molecule has 2 aromatic carbocycles. The van der Waals surface area contributed by atoms with Crippen molar-refractivity contribution in [2.45, 2.75) is 88.9 Å². The van der Waals surface area contributed by atoms with Gasteiger partial charge >= 0.3 is 18.0 Å². The van der Waals surface area contributed by atoms with E-state index < -0.39 is 47.1 Å². The summed E-state index contributed by atoms with van der Waals surface area (Å²) in [7, 11) is 2.93. The molecule has 49 heavy (non-hydrogen) atoms. The van der Waals surface area contributed by atoms with Gasteiger partial charge in [0.05, 0.1) is 26.7 Å². The number of likely N-dealkylation sites (tertiary alicyclic amines) is 1. The third-order valence-corrected chi connectivity index (χ3v) is 10.7. The lowest BCUT2D eigenvalue weighted by atomic mass is 9.67. The summed E-state index contributed by atoms with van der Waals surface area (Å²) in [5.41, 5.74) is 1.27. The van der Waals surface area contributed by atoms with Crippen molar-refractivity contribution in [3.05, 3.63) is 41.0 Å². The van der Waals surface area contributed by atoms with Gasteiger partial charge < -0.3 is 33.2 Å². The Balaban J connectivity index is 1.14. The average Bonchev–Trinajstić information content (AvgIpc) is 3.81. The van der Waals surface area contributed by atoms with Gasteiger partial charge in [-0.25, -0.2) is 9.59 Å². The highest BCUT2D eigenvalue weighted by Crippen LogP contribution is 2.52. The Morgan fingerprint density at radius 3 is 2.22 bits per heavy atom. The van der Waals surface area contributed by atoms with Gasteiger partial charge in [-0.15, -0.1) is 10.3 Å². The molecule has 1 unspecified atom stereocenters. The molecular formula is C36H43N2O11. The van der Waals surface area contributed by atoms with Crippen LogP contribution in [0, 0.1) is 11.8 Å². The molecule has 1 amide bonds. The van der Waals surface area contributed by atoms with Gasteiger partial charge in [0.1, 0.15) is 12.1 Å². The molecule has 0 spiro atoms. The van der Waals surface area contributed by atoms with Crippen LogP contribution in [0.3, 0.4) is 0 Å². The van der Waals surface area contributed by atoms with Crippen LogP contribution in [-0.2, 0) is 30.7 Å². The van der Waals surface area contributed by atoms with Crippen molar-refractivity contribution in [1.29, 1.82) is 0 Å². The number of hydrogen-bond acceptors (Lipinski definition) is 11. The number of hydrogen-bond donors (Lipinski definition) is 0. The van der Waals surface area contributed by atoms with Crippen molar-refractivity contribution < 1.29 is 52.7 Å². The molecule has 1 radical (unpaired) electrons. The van der Waals surface area contributed by atoms with E-state index in [0.717, 1.165) is 21.8 Å². The monoisotopic (exact) mass is 679 g/mol. The lowest BCUT2D eigenvalue weighted by Gasteiger charge is -2.49. The number of amides is 1. The first kappa shape index (κ1) is 33.3. The Hall–Kier alpha value is -4.23. The Labute approximate surface area is 285 Å². The summed E-state index contributed by atoms with van der Waals surface area (Å²) >= 11 is 0. The Bertz CT molecular complexity index is 1630. The topological polar surface area (TPSA) is 142 Å². The Morgan fingerprint density at radius 2 is 1.57 bits per heavy atom. The minimum Gasteiger partial charge on any atom is -0.493 e. The number of rotatable bonds is 6. The van der Waals surface area contributed by atoms with Crippen LogP contribution in [0.4, 0.5) is 4.79 Å². The molecule has 13 nitrogen and oxygen atoms in total. The number of esters is 2. The van der Waals surface area contributed by atoms with Gasteiger partial charge in [-0.3, -0.25) is 9.69 Å². The molecule has 0 N–H and O–H groups in total. The fourth-order valence-corrected chi connectivity index (χ4v) is 8.55. The number of ether oxygens (including phenoxy) is 7. The van der Waals surface area contributed by atoms with Crippen molar-refractivity contribution in [2.75, 3.05) is 34.2 Å². The van der Waals surface area contributed by atoms with E-state index in [4.69, 9.17) is 33.2 Å². The lowest BCUT2D eigenvalue weighted by molar-refractivity contribution is -0.298. The Morgan fingerprint density at radius 1 is 0.918 bits per heavy atom. The SMILES string of the molecule is COc1cc([C@@H]2c3cc4c(cc3CC3COC(=O)[C@@H]32)OCO4)cc(OC)c1OC(=O)[C@@H]1CCCN1C(=O)OC1CC(C)(C)N([O])C(C)(C)C1. The van der Waals surface area contributed by atoms with Gasteiger partial charge in [0, 0.05) is 42.3 Å². The van der Waals surface area contributed by atoms with E-state index in [-0.39, 0.29) is 35.9 Å².